The number of imidazole rings is 1. The molecule has 1 aliphatic heterocycles. The number of amides is 1. The Kier molecular flexibility index (Phi) is 5.79. The lowest BCUT2D eigenvalue weighted by Gasteiger charge is -2.35. The van der Waals surface area contributed by atoms with Crippen molar-refractivity contribution >= 4 is 5.91 Å². The van der Waals surface area contributed by atoms with Crippen molar-refractivity contribution in [3.63, 3.8) is 0 Å². The van der Waals surface area contributed by atoms with Crippen LogP contribution in [0.5, 0.6) is 0 Å². The Morgan fingerprint density at radius 1 is 1.32 bits per heavy atom. The average molecular weight is 348 g/mol. The lowest BCUT2D eigenvalue weighted by Crippen LogP contribution is -2.45. The van der Waals surface area contributed by atoms with Gasteiger partial charge in [0.05, 0.1) is 6.54 Å². The molecule has 1 aromatic rings. The minimum atomic E-state index is -0.512. The van der Waals surface area contributed by atoms with E-state index in [1.165, 1.54) is 0 Å². The van der Waals surface area contributed by atoms with E-state index in [4.69, 9.17) is 0 Å². The molecule has 3 rings (SSSR count). The Balaban J connectivity index is 1.49. The van der Waals surface area contributed by atoms with Crippen LogP contribution < -0.4 is 0 Å². The van der Waals surface area contributed by atoms with Gasteiger partial charge < -0.3 is 14.6 Å². The summed E-state index contributed by atoms with van der Waals surface area (Å²) >= 11 is 0. The summed E-state index contributed by atoms with van der Waals surface area (Å²) in [6.45, 7) is 7.49. The quantitative estimate of drug-likeness (QED) is 0.816. The summed E-state index contributed by atoms with van der Waals surface area (Å²) in [5, 5.41) is 10.6. The molecule has 140 valence electrons. The summed E-state index contributed by atoms with van der Waals surface area (Å²) in [5.74, 6) is 1.76. The van der Waals surface area contributed by atoms with Crippen molar-refractivity contribution in [1.82, 2.24) is 19.4 Å². The van der Waals surface area contributed by atoms with Gasteiger partial charge in [-0.3, -0.25) is 9.69 Å². The summed E-state index contributed by atoms with van der Waals surface area (Å²) in [5.41, 5.74) is 0. The molecule has 2 heterocycles. The number of aromatic nitrogens is 2. The number of hydrogen-bond donors (Lipinski definition) is 1. The van der Waals surface area contributed by atoms with E-state index in [1.807, 2.05) is 17.8 Å². The Labute approximate surface area is 150 Å². The summed E-state index contributed by atoms with van der Waals surface area (Å²) in [6.07, 6.45) is 7.24. The Morgan fingerprint density at radius 2 is 2.00 bits per heavy atom. The zero-order chi connectivity index (χ0) is 18.0. The highest BCUT2D eigenvalue weighted by molar-refractivity contribution is 5.79. The first-order valence-electron chi connectivity index (χ1n) is 9.62. The molecule has 1 aromatic heterocycles. The standard InChI is InChI=1S/C19H32N4O2/c1-14(2)12-23(16-4-5-16)17(24)13-22-9-6-15(7-10-22)18(25)19-20-8-11-21(19)3/h8,11,14-16,18,25H,4-7,9-10,12-13H2,1-3H3. The zero-order valence-electron chi connectivity index (χ0n) is 15.8. The van der Waals surface area contributed by atoms with Gasteiger partial charge in [-0.1, -0.05) is 13.8 Å². The van der Waals surface area contributed by atoms with Gasteiger partial charge in [0.25, 0.3) is 0 Å². The fourth-order valence-corrected chi connectivity index (χ4v) is 3.82. The molecule has 2 aliphatic rings. The summed E-state index contributed by atoms with van der Waals surface area (Å²) in [7, 11) is 1.92. The number of aryl methyl sites for hydroxylation is 1. The number of hydrogen-bond acceptors (Lipinski definition) is 4. The molecule has 6 nitrogen and oxygen atoms in total. The van der Waals surface area contributed by atoms with Crippen LogP contribution >= 0.6 is 0 Å². The van der Waals surface area contributed by atoms with E-state index >= 15 is 0 Å². The van der Waals surface area contributed by atoms with Crippen molar-refractivity contribution in [2.24, 2.45) is 18.9 Å². The molecule has 0 aromatic carbocycles. The lowest BCUT2D eigenvalue weighted by atomic mass is 9.90. The number of carbonyl (C=O) groups excluding carboxylic acids is 1. The molecule has 2 fully saturated rings. The summed E-state index contributed by atoms with van der Waals surface area (Å²) in [4.78, 5) is 21.3. The monoisotopic (exact) mass is 348 g/mol. The van der Waals surface area contributed by atoms with Crippen LogP contribution in [-0.2, 0) is 11.8 Å². The van der Waals surface area contributed by atoms with Crippen LogP contribution in [0.25, 0.3) is 0 Å². The van der Waals surface area contributed by atoms with Gasteiger partial charge in [-0.25, -0.2) is 4.98 Å². The van der Waals surface area contributed by atoms with Gasteiger partial charge in [-0.2, -0.15) is 0 Å². The van der Waals surface area contributed by atoms with Gasteiger partial charge in [-0.05, 0) is 50.6 Å². The molecule has 1 amide bonds. The number of aliphatic hydroxyl groups excluding tert-OH is 1. The molecular formula is C19H32N4O2. The molecule has 1 atom stereocenters. The highest BCUT2D eigenvalue weighted by Crippen LogP contribution is 2.31. The molecular weight excluding hydrogens is 316 g/mol. The molecule has 25 heavy (non-hydrogen) atoms. The maximum atomic E-state index is 12.7. The first-order chi connectivity index (χ1) is 12.0. The first kappa shape index (κ1) is 18.4. The fraction of sp³-hybridized carbons (Fsp3) is 0.789. The molecule has 1 N–H and O–H groups in total. The maximum absolute atomic E-state index is 12.7. The van der Waals surface area contributed by atoms with E-state index in [2.05, 4.69) is 28.6 Å². The number of aliphatic hydroxyl groups is 1. The zero-order valence-corrected chi connectivity index (χ0v) is 15.8. The van der Waals surface area contributed by atoms with E-state index in [9.17, 15) is 9.90 Å². The van der Waals surface area contributed by atoms with Crippen LogP contribution in [0.3, 0.4) is 0 Å². The number of rotatable bonds is 7. The molecule has 1 saturated carbocycles. The van der Waals surface area contributed by atoms with Gasteiger partial charge in [0, 0.05) is 32.0 Å². The van der Waals surface area contributed by atoms with E-state index in [1.54, 1.807) is 6.20 Å². The van der Waals surface area contributed by atoms with Crippen LogP contribution in [-0.4, -0.2) is 62.6 Å². The summed E-state index contributed by atoms with van der Waals surface area (Å²) < 4.78 is 1.89. The maximum Gasteiger partial charge on any atom is 0.237 e. The van der Waals surface area contributed by atoms with Crippen LogP contribution in [0.2, 0.25) is 0 Å². The third kappa shape index (κ3) is 4.61. The van der Waals surface area contributed by atoms with Crippen molar-refractivity contribution in [3.8, 4) is 0 Å². The Bertz CT molecular complexity index is 574. The highest BCUT2D eigenvalue weighted by Gasteiger charge is 2.34. The first-order valence-corrected chi connectivity index (χ1v) is 9.62. The van der Waals surface area contributed by atoms with Crippen LogP contribution in [0.4, 0.5) is 0 Å². The van der Waals surface area contributed by atoms with E-state index in [0.29, 0.717) is 18.5 Å². The van der Waals surface area contributed by atoms with Crippen molar-refractivity contribution in [2.75, 3.05) is 26.2 Å². The van der Waals surface area contributed by atoms with Crippen LogP contribution in [0, 0.1) is 11.8 Å². The fourth-order valence-electron chi connectivity index (χ4n) is 3.82. The average Bonchev–Trinajstić information content (AvgIpc) is 3.33. The van der Waals surface area contributed by atoms with Gasteiger partial charge in [0.2, 0.25) is 5.91 Å². The topological polar surface area (TPSA) is 61.6 Å². The predicted molar refractivity (Wildman–Crippen MR) is 96.9 cm³/mol. The minimum Gasteiger partial charge on any atom is -0.385 e. The van der Waals surface area contributed by atoms with E-state index in [0.717, 1.165) is 51.1 Å². The molecule has 0 spiro atoms. The smallest absolute Gasteiger partial charge is 0.237 e. The summed E-state index contributed by atoms with van der Waals surface area (Å²) in [6, 6.07) is 0.484. The van der Waals surface area contributed by atoms with E-state index < -0.39 is 6.10 Å². The van der Waals surface area contributed by atoms with Crippen molar-refractivity contribution in [3.05, 3.63) is 18.2 Å². The van der Waals surface area contributed by atoms with Gasteiger partial charge in [0.1, 0.15) is 11.9 Å². The largest absolute Gasteiger partial charge is 0.385 e. The second-order valence-electron chi connectivity index (χ2n) is 8.13. The normalized spacial score (nSPS) is 20.8. The van der Waals surface area contributed by atoms with Gasteiger partial charge in [-0.15, -0.1) is 0 Å². The van der Waals surface area contributed by atoms with Crippen molar-refractivity contribution < 1.29 is 9.90 Å². The Morgan fingerprint density at radius 3 is 2.52 bits per heavy atom. The second kappa shape index (κ2) is 7.87. The third-order valence-corrected chi connectivity index (χ3v) is 5.43. The molecule has 1 unspecified atom stereocenters. The second-order valence-corrected chi connectivity index (χ2v) is 8.13. The molecule has 1 saturated heterocycles. The molecule has 1 aliphatic carbocycles. The highest BCUT2D eigenvalue weighted by atomic mass is 16.3. The van der Waals surface area contributed by atoms with Crippen molar-refractivity contribution in [1.29, 1.82) is 0 Å². The lowest BCUT2D eigenvalue weighted by molar-refractivity contribution is -0.134. The Hall–Kier alpha value is -1.40. The van der Waals surface area contributed by atoms with Gasteiger partial charge >= 0.3 is 0 Å². The van der Waals surface area contributed by atoms with Gasteiger partial charge in [0.15, 0.2) is 0 Å². The molecule has 0 bridgehead atoms. The van der Waals surface area contributed by atoms with E-state index in [-0.39, 0.29) is 11.8 Å². The number of carbonyl (C=O) groups is 1. The predicted octanol–water partition coefficient (Wildman–Crippen LogP) is 1.81. The van der Waals surface area contributed by atoms with Crippen LogP contribution in [0.15, 0.2) is 12.4 Å². The third-order valence-electron chi connectivity index (χ3n) is 5.43. The van der Waals surface area contributed by atoms with Crippen molar-refractivity contribution in [2.45, 2.75) is 51.7 Å². The minimum absolute atomic E-state index is 0.225. The molecule has 6 heteroatoms. The van der Waals surface area contributed by atoms with Crippen LogP contribution in [0.1, 0.15) is 51.5 Å². The SMILES string of the molecule is CC(C)CN(C(=O)CN1CCC(C(O)c2nccn2C)CC1)C1CC1. The number of nitrogens with zero attached hydrogens (tertiary/aromatic N) is 4. The number of likely N-dealkylation sites (tertiary alicyclic amines) is 1. The number of piperidine rings is 1. The molecule has 0 radical (unpaired) electrons.